The minimum absolute atomic E-state index is 0.167. The van der Waals surface area contributed by atoms with Crippen LogP contribution in [-0.4, -0.2) is 41.2 Å². The standard InChI is InChI=1S/C21H22FNO.C6H6BFO2/c1-15-4-3-10-23(15)11-9-20-14-18-12-17(7-8-21(18)24-20)16-5-2-6-19(22)13-16;8-6-3-1-2-5(4-6)7(9)10/h2,5-8,12-15H,3-4,9-11H2,1H3;1-4,9-10H/t15-;/m1./s1. The van der Waals surface area contributed by atoms with Gasteiger partial charge in [-0.1, -0.05) is 30.3 Å². The van der Waals surface area contributed by atoms with Crippen molar-refractivity contribution >= 4 is 23.6 Å². The number of rotatable bonds is 5. The Morgan fingerprint density at radius 3 is 2.32 bits per heavy atom. The van der Waals surface area contributed by atoms with Gasteiger partial charge in [0.1, 0.15) is 23.0 Å². The molecule has 1 aromatic heterocycles. The summed E-state index contributed by atoms with van der Waals surface area (Å²) in [7, 11) is -1.59. The third-order valence-electron chi connectivity index (χ3n) is 6.21. The second-order valence-electron chi connectivity index (χ2n) is 8.68. The molecule has 1 atom stereocenters. The van der Waals surface area contributed by atoms with Gasteiger partial charge >= 0.3 is 7.12 Å². The number of hydrogen-bond acceptors (Lipinski definition) is 4. The zero-order chi connectivity index (χ0) is 24.1. The molecule has 2 N–H and O–H groups in total. The summed E-state index contributed by atoms with van der Waals surface area (Å²) in [5.74, 6) is 0.353. The molecule has 0 amide bonds. The van der Waals surface area contributed by atoms with Crippen LogP contribution in [0.15, 0.2) is 77.2 Å². The van der Waals surface area contributed by atoms with Gasteiger partial charge in [-0.05, 0) is 85.4 Å². The van der Waals surface area contributed by atoms with E-state index in [9.17, 15) is 8.78 Å². The van der Waals surface area contributed by atoms with Gasteiger partial charge in [-0.15, -0.1) is 0 Å². The molecule has 0 saturated carbocycles. The molecule has 0 spiro atoms. The highest BCUT2D eigenvalue weighted by Gasteiger charge is 2.20. The fourth-order valence-corrected chi connectivity index (χ4v) is 4.32. The zero-order valence-corrected chi connectivity index (χ0v) is 19.1. The van der Waals surface area contributed by atoms with Crippen LogP contribution in [0.4, 0.5) is 8.78 Å². The van der Waals surface area contributed by atoms with Gasteiger partial charge in [-0.25, -0.2) is 8.78 Å². The first-order valence-electron chi connectivity index (χ1n) is 11.5. The Morgan fingerprint density at radius 1 is 0.941 bits per heavy atom. The molecule has 1 saturated heterocycles. The molecule has 0 unspecified atom stereocenters. The van der Waals surface area contributed by atoms with Gasteiger partial charge in [0.05, 0.1) is 0 Å². The lowest BCUT2D eigenvalue weighted by Crippen LogP contribution is -2.29. The summed E-state index contributed by atoms with van der Waals surface area (Å²) >= 11 is 0. The number of nitrogens with zero attached hydrogens (tertiary/aromatic N) is 1. The largest absolute Gasteiger partial charge is 0.488 e. The van der Waals surface area contributed by atoms with Crippen LogP contribution in [0.3, 0.4) is 0 Å². The predicted octanol–water partition coefficient (Wildman–Crippen LogP) is 4.77. The van der Waals surface area contributed by atoms with Gasteiger partial charge in [-0.2, -0.15) is 0 Å². The van der Waals surface area contributed by atoms with Crippen LogP contribution in [0, 0.1) is 11.6 Å². The Kier molecular flexibility index (Phi) is 7.78. The lowest BCUT2D eigenvalue weighted by molar-refractivity contribution is 0.266. The molecule has 1 aliphatic rings. The lowest BCUT2D eigenvalue weighted by atomic mass is 9.80. The fourth-order valence-electron chi connectivity index (χ4n) is 4.32. The minimum atomic E-state index is -1.59. The monoisotopic (exact) mass is 463 g/mol. The Hall–Kier alpha value is -3.00. The maximum atomic E-state index is 13.4. The Labute approximate surface area is 198 Å². The molecule has 1 fully saturated rings. The van der Waals surface area contributed by atoms with E-state index in [1.54, 1.807) is 12.1 Å². The second kappa shape index (κ2) is 11.0. The van der Waals surface area contributed by atoms with Crippen molar-refractivity contribution in [3.8, 4) is 11.1 Å². The van der Waals surface area contributed by atoms with E-state index in [-0.39, 0.29) is 11.3 Å². The molecule has 4 nitrogen and oxygen atoms in total. The molecule has 2 heterocycles. The fraction of sp³-hybridized carbons (Fsp3) is 0.259. The SMILES string of the molecule is C[C@@H]1CCCN1CCc1cc2cc(-c3cccc(F)c3)ccc2o1.OB(O)c1cccc(F)c1. The van der Waals surface area contributed by atoms with Crippen molar-refractivity contribution in [1.29, 1.82) is 0 Å². The molecule has 176 valence electrons. The zero-order valence-electron chi connectivity index (χ0n) is 19.1. The summed E-state index contributed by atoms with van der Waals surface area (Å²) in [5, 5.41) is 18.2. The van der Waals surface area contributed by atoms with Crippen LogP contribution in [0.1, 0.15) is 25.5 Å². The van der Waals surface area contributed by atoms with Gasteiger partial charge < -0.3 is 19.4 Å². The number of furan rings is 1. The molecule has 34 heavy (non-hydrogen) atoms. The summed E-state index contributed by atoms with van der Waals surface area (Å²) in [6, 6.07) is 20.8. The van der Waals surface area contributed by atoms with Crippen molar-refractivity contribution in [3.05, 3.63) is 90.2 Å². The van der Waals surface area contributed by atoms with Crippen molar-refractivity contribution in [1.82, 2.24) is 4.90 Å². The highest BCUT2D eigenvalue weighted by molar-refractivity contribution is 6.58. The highest BCUT2D eigenvalue weighted by Crippen LogP contribution is 2.28. The third-order valence-corrected chi connectivity index (χ3v) is 6.21. The van der Waals surface area contributed by atoms with Gasteiger partial charge in [-0.3, -0.25) is 0 Å². The van der Waals surface area contributed by atoms with Crippen LogP contribution in [0.5, 0.6) is 0 Å². The molecule has 7 heteroatoms. The lowest BCUT2D eigenvalue weighted by Gasteiger charge is -2.19. The van der Waals surface area contributed by atoms with E-state index in [1.807, 2.05) is 18.2 Å². The average Bonchev–Trinajstić information content (AvgIpc) is 3.42. The van der Waals surface area contributed by atoms with E-state index in [1.165, 1.54) is 43.7 Å². The van der Waals surface area contributed by atoms with Crippen molar-refractivity contribution in [2.45, 2.75) is 32.2 Å². The Bertz CT molecular complexity index is 1240. The van der Waals surface area contributed by atoms with Crippen LogP contribution < -0.4 is 5.46 Å². The number of hydrogen-bond donors (Lipinski definition) is 2. The van der Waals surface area contributed by atoms with Crippen molar-refractivity contribution < 1.29 is 23.2 Å². The molecule has 1 aliphatic heterocycles. The van der Waals surface area contributed by atoms with Gasteiger partial charge in [0.15, 0.2) is 0 Å². The maximum absolute atomic E-state index is 13.4. The van der Waals surface area contributed by atoms with E-state index in [2.05, 4.69) is 24.0 Å². The average molecular weight is 463 g/mol. The first-order valence-corrected chi connectivity index (χ1v) is 11.5. The predicted molar refractivity (Wildman–Crippen MR) is 132 cm³/mol. The first kappa shape index (κ1) is 24.1. The smallest absolute Gasteiger partial charge is 0.461 e. The molecule has 0 aliphatic carbocycles. The van der Waals surface area contributed by atoms with Crippen LogP contribution in [0.2, 0.25) is 0 Å². The maximum Gasteiger partial charge on any atom is 0.488 e. The number of halogens is 2. The van der Waals surface area contributed by atoms with Gasteiger partial charge in [0.2, 0.25) is 0 Å². The molecular weight excluding hydrogens is 435 g/mol. The van der Waals surface area contributed by atoms with Gasteiger partial charge in [0, 0.05) is 24.4 Å². The van der Waals surface area contributed by atoms with E-state index in [0.29, 0.717) is 6.04 Å². The molecule has 4 aromatic rings. The highest BCUT2D eigenvalue weighted by atomic mass is 19.1. The topological polar surface area (TPSA) is 56.8 Å². The van der Waals surface area contributed by atoms with Crippen molar-refractivity contribution in [3.63, 3.8) is 0 Å². The number of fused-ring (bicyclic) bond motifs is 1. The summed E-state index contributed by atoms with van der Waals surface area (Å²) < 4.78 is 31.7. The third kappa shape index (κ3) is 6.11. The number of benzene rings is 3. The van der Waals surface area contributed by atoms with E-state index in [4.69, 9.17) is 14.5 Å². The summed E-state index contributed by atoms with van der Waals surface area (Å²) in [5.41, 5.74) is 2.98. The van der Waals surface area contributed by atoms with Crippen molar-refractivity contribution in [2.75, 3.05) is 13.1 Å². The summed E-state index contributed by atoms with van der Waals surface area (Å²) in [6.45, 7) is 4.56. The Morgan fingerprint density at radius 2 is 1.68 bits per heavy atom. The van der Waals surface area contributed by atoms with E-state index in [0.717, 1.165) is 46.9 Å². The molecular formula is C27H28BF2NO3. The quantitative estimate of drug-likeness (QED) is 0.419. The summed E-state index contributed by atoms with van der Waals surface area (Å²) in [6.07, 6.45) is 3.55. The van der Waals surface area contributed by atoms with Gasteiger partial charge in [0.25, 0.3) is 0 Å². The summed E-state index contributed by atoms with van der Waals surface area (Å²) in [4.78, 5) is 2.53. The molecule has 5 rings (SSSR count). The number of likely N-dealkylation sites (tertiary alicyclic amines) is 1. The van der Waals surface area contributed by atoms with Crippen LogP contribution in [-0.2, 0) is 6.42 Å². The van der Waals surface area contributed by atoms with Crippen LogP contribution >= 0.6 is 0 Å². The van der Waals surface area contributed by atoms with E-state index < -0.39 is 12.9 Å². The molecule has 0 radical (unpaired) electrons. The normalized spacial score (nSPS) is 15.9. The van der Waals surface area contributed by atoms with E-state index >= 15 is 0 Å². The Balaban J connectivity index is 0.000000231. The molecule has 3 aromatic carbocycles. The minimum Gasteiger partial charge on any atom is -0.461 e. The van der Waals surface area contributed by atoms with Crippen molar-refractivity contribution in [2.24, 2.45) is 0 Å². The van der Waals surface area contributed by atoms with Crippen LogP contribution in [0.25, 0.3) is 22.1 Å². The first-order chi connectivity index (χ1) is 16.4. The molecule has 0 bridgehead atoms. The second-order valence-corrected chi connectivity index (χ2v) is 8.68.